The molecule has 11 heteroatoms. The Bertz CT molecular complexity index is 744. The Morgan fingerprint density at radius 3 is 2.28 bits per heavy atom. The molecule has 134 valence electrons. The zero-order valence-corrected chi connectivity index (χ0v) is 14.3. The Morgan fingerprint density at radius 2 is 1.76 bits per heavy atom. The largest absolute Gasteiger partial charge is 0.416 e. The molecule has 3 rings (SSSR count). The number of rotatable bonds is 2. The van der Waals surface area contributed by atoms with Crippen LogP contribution in [0.15, 0.2) is 24.3 Å². The second-order valence-corrected chi connectivity index (χ2v) is 6.24. The number of alkyl halides is 3. The number of carbonyl (C=O) groups excluding carboxylic acids is 1. The maximum absolute atomic E-state index is 12.5. The van der Waals surface area contributed by atoms with Crippen molar-refractivity contribution in [1.82, 2.24) is 13.6 Å². The molecule has 0 radical (unpaired) electrons. The van der Waals surface area contributed by atoms with E-state index in [2.05, 4.69) is 14.1 Å². The van der Waals surface area contributed by atoms with E-state index in [9.17, 15) is 18.0 Å². The van der Waals surface area contributed by atoms with E-state index >= 15 is 0 Å². The van der Waals surface area contributed by atoms with E-state index in [1.54, 1.807) is 4.90 Å². The van der Waals surface area contributed by atoms with Crippen LogP contribution in [0.3, 0.4) is 0 Å². The number of benzene rings is 1. The van der Waals surface area contributed by atoms with Crippen molar-refractivity contribution in [2.75, 3.05) is 36.4 Å². The highest BCUT2D eigenvalue weighted by Crippen LogP contribution is 2.30. The Morgan fingerprint density at radius 1 is 1.12 bits per heavy atom. The summed E-state index contributed by atoms with van der Waals surface area (Å²) in [5, 5.41) is 2.94. The van der Waals surface area contributed by atoms with Crippen LogP contribution in [0.1, 0.15) is 5.56 Å². The molecule has 1 fully saturated rings. The van der Waals surface area contributed by atoms with Crippen LogP contribution in [-0.2, 0) is 6.18 Å². The van der Waals surface area contributed by atoms with E-state index in [-0.39, 0.29) is 6.03 Å². The predicted molar refractivity (Wildman–Crippen MR) is 89.2 cm³/mol. The highest BCUT2D eigenvalue weighted by molar-refractivity contribution is 6.99. The van der Waals surface area contributed by atoms with Gasteiger partial charge in [0.25, 0.3) is 0 Å². The van der Waals surface area contributed by atoms with Crippen LogP contribution in [0.4, 0.5) is 29.5 Å². The quantitative estimate of drug-likeness (QED) is 0.850. The van der Waals surface area contributed by atoms with Gasteiger partial charge in [0.2, 0.25) is 0 Å². The Balaban J connectivity index is 1.55. The molecule has 1 aliphatic rings. The maximum Gasteiger partial charge on any atom is 0.416 e. The van der Waals surface area contributed by atoms with Crippen molar-refractivity contribution < 1.29 is 18.0 Å². The molecule has 1 N–H and O–H groups in total. The average molecular weight is 392 g/mol. The Kier molecular flexibility index (Phi) is 5.00. The van der Waals surface area contributed by atoms with Crippen molar-refractivity contribution in [1.29, 1.82) is 0 Å². The predicted octanol–water partition coefficient (Wildman–Crippen LogP) is 3.56. The molecule has 25 heavy (non-hydrogen) atoms. The summed E-state index contributed by atoms with van der Waals surface area (Å²) >= 11 is 6.97. The number of anilines is 2. The van der Waals surface area contributed by atoms with Crippen molar-refractivity contribution in [2.45, 2.75) is 6.18 Å². The normalized spacial score (nSPS) is 15.4. The van der Waals surface area contributed by atoms with Gasteiger partial charge < -0.3 is 15.1 Å². The van der Waals surface area contributed by atoms with Crippen molar-refractivity contribution >= 4 is 40.9 Å². The van der Waals surface area contributed by atoms with Crippen LogP contribution < -0.4 is 10.2 Å². The fraction of sp³-hybridized carbons (Fsp3) is 0.357. The van der Waals surface area contributed by atoms with E-state index < -0.39 is 11.7 Å². The van der Waals surface area contributed by atoms with Crippen LogP contribution in [0.5, 0.6) is 0 Å². The van der Waals surface area contributed by atoms with E-state index in [0.29, 0.717) is 42.8 Å². The Hall–Kier alpha value is -2.07. The summed E-state index contributed by atoms with van der Waals surface area (Å²) in [6.45, 7) is 1.98. The molecule has 1 saturated heterocycles. The number of nitrogens with one attached hydrogen (secondary N) is 1. The summed E-state index contributed by atoms with van der Waals surface area (Å²) in [6.07, 6.45) is -4.40. The second kappa shape index (κ2) is 7.04. The number of urea groups is 1. The molecule has 1 aliphatic heterocycles. The van der Waals surface area contributed by atoms with Crippen LogP contribution in [0.25, 0.3) is 0 Å². The molecule has 1 aromatic carbocycles. The number of amides is 2. The highest BCUT2D eigenvalue weighted by atomic mass is 35.5. The smallest absolute Gasteiger partial charge is 0.350 e. The average Bonchev–Trinajstić information content (AvgIpc) is 3.01. The van der Waals surface area contributed by atoms with Gasteiger partial charge in [0.1, 0.15) is 0 Å². The van der Waals surface area contributed by atoms with Crippen molar-refractivity contribution in [3.8, 4) is 0 Å². The molecule has 1 aromatic heterocycles. The van der Waals surface area contributed by atoms with Gasteiger partial charge in [-0.15, -0.1) is 0 Å². The summed E-state index contributed by atoms with van der Waals surface area (Å²) in [5.74, 6) is 0.606. The fourth-order valence-corrected chi connectivity index (χ4v) is 3.21. The summed E-state index contributed by atoms with van der Waals surface area (Å²) in [4.78, 5) is 15.8. The number of piperazine rings is 1. The zero-order chi connectivity index (χ0) is 18.0. The number of hydrogen-bond donors (Lipinski definition) is 1. The lowest BCUT2D eigenvalue weighted by molar-refractivity contribution is -0.137. The molecule has 0 saturated carbocycles. The zero-order valence-electron chi connectivity index (χ0n) is 12.8. The molecule has 0 unspecified atom stereocenters. The Labute approximate surface area is 150 Å². The number of nitrogens with zero attached hydrogens (tertiary/aromatic N) is 4. The third-order valence-corrected chi connectivity index (χ3v) is 4.64. The SMILES string of the molecule is O=C(Nc1ccc(C(F)(F)F)cc1)N1CCN(c2nsnc2Cl)CC1. The van der Waals surface area contributed by atoms with Gasteiger partial charge >= 0.3 is 12.2 Å². The molecule has 0 bridgehead atoms. The molecular formula is C14H13ClF3N5OS. The van der Waals surface area contributed by atoms with Crippen LogP contribution >= 0.6 is 23.3 Å². The van der Waals surface area contributed by atoms with E-state index in [1.807, 2.05) is 4.90 Å². The number of aromatic nitrogens is 2. The summed E-state index contributed by atoms with van der Waals surface area (Å²) < 4.78 is 45.6. The molecule has 0 spiro atoms. The molecule has 2 amide bonds. The van der Waals surface area contributed by atoms with Gasteiger partial charge in [0.15, 0.2) is 11.0 Å². The molecule has 2 heterocycles. The number of halogens is 4. The monoisotopic (exact) mass is 391 g/mol. The van der Waals surface area contributed by atoms with E-state index in [4.69, 9.17) is 11.6 Å². The first-order chi connectivity index (χ1) is 11.8. The summed E-state index contributed by atoms with van der Waals surface area (Å²) in [5.41, 5.74) is -0.444. The first kappa shape index (κ1) is 17.7. The lowest BCUT2D eigenvalue weighted by Gasteiger charge is -2.34. The van der Waals surface area contributed by atoms with Gasteiger partial charge in [-0.3, -0.25) is 0 Å². The van der Waals surface area contributed by atoms with Gasteiger partial charge in [0.05, 0.1) is 17.3 Å². The third kappa shape index (κ3) is 4.13. The topological polar surface area (TPSA) is 61.4 Å². The maximum atomic E-state index is 12.5. The van der Waals surface area contributed by atoms with Gasteiger partial charge in [-0.25, -0.2) is 4.79 Å². The summed E-state index contributed by atoms with van der Waals surface area (Å²) in [6, 6.07) is 3.98. The second-order valence-electron chi connectivity index (χ2n) is 5.36. The summed E-state index contributed by atoms with van der Waals surface area (Å²) in [7, 11) is 0. The minimum atomic E-state index is -4.40. The lowest BCUT2D eigenvalue weighted by atomic mass is 10.2. The van der Waals surface area contributed by atoms with Crippen molar-refractivity contribution in [3.63, 3.8) is 0 Å². The van der Waals surface area contributed by atoms with Gasteiger partial charge in [-0.05, 0) is 24.3 Å². The third-order valence-electron chi connectivity index (χ3n) is 3.76. The minimum absolute atomic E-state index is 0.312. The van der Waals surface area contributed by atoms with E-state index in [1.165, 1.54) is 12.1 Å². The van der Waals surface area contributed by atoms with Crippen LogP contribution in [-0.4, -0.2) is 45.9 Å². The number of hydrogen-bond acceptors (Lipinski definition) is 5. The van der Waals surface area contributed by atoms with Crippen LogP contribution in [0, 0.1) is 0 Å². The van der Waals surface area contributed by atoms with Gasteiger partial charge in [-0.2, -0.15) is 21.9 Å². The first-order valence-corrected chi connectivity index (χ1v) is 8.41. The molecule has 2 aromatic rings. The molecular weight excluding hydrogens is 379 g/mol. The highest BCUT2D eigenvalue weighted by Gasteiger charge is 2.30. The molecule has 6 nitrogen and oxygen atoms in total. The molecule has 0 aliphatic carbocycles. The van der Waals surface area contributed by atoms with Gasteiger partial charge in [-0.1, -0.05) is 11.6 Å². The number of carbonyl (C=O) groups is 1. The first-order valence-electron chi connectivity index (χ1n) is 7.31. The van der Waals surface area contributed by atoms with Crippen molar-refractivity contribution in [2.24, 2.45) is 0 Å². The molecule has 0 atom stereocenters. The van der Waals surface area contributed by atoms with Gasteiger partial charge in [0, 0.05) is 31.9 Å². The lowest BCUT2D eigenvalue weighted by Crippen LogP contribution is -2.50. The fourth-order valence-electron chi connectivity index (χ4n) is 2.43. The van der Waals surface area contributed by atoms with Crippen LogP contribution in [0.2, 0.25) is 5.15 Å². The van der Waals surface area contributed by atoms with Crippen molar-refractivity contribution in [3.05, 3.63) is 35.0 Å². The standard InChI is InChI=1S/C14H13ClF3N5OS/c15-11-12(21-25-20-11)22-5-7-23(8-6-22)13(24)19-10-3-1-9(2-4-10)14(16,17)18/h1-4H,5-8H2,(H,19,24). The minimum Gasteiger partial charge on any atom is -0.350 e. The van der Waals surface area contributed by atoms with E-state index in [0.717, 1.165) is 23.9 Å².